The molecule has 0 aliphatic rings. The number of benzene rings is 1. The third-order valence-electron chi connectivity index (χ3n) is 2.41. The standard InChI is InChI=1S/C11H6N2O4/c14-5-7-3-8(6-15)11(13(16)17)9-1-2-12-4-10(7)9/h1-6H. The Morgan fingerprint density at radius 1 is 1.18 bits per heavy atom. The first-order valence-corrected chi connectivity index (χ1v) is 4.64. The van der Waals surface area contributed by atoms with Gasteiger partial charge in [-0.05, 0) is 12.1 Å². The zero-order chi connectivity index (χ0) is 12.4. The van der Waals surface area contributed by atoms with Crippen LogP contribution >= 0.6 is 0 Å². The first-order valence-electron chi connectivity index (χ1n) is 4.64. The topological polar surface area (TPSA) is 90.2 Å². The minimum Gasteiger partial charge on any atom is -0.298 e. The van der Waals surface area contributed by atoms with E-state index in [0.29, 0.717) is 18.0 Å². The van der Waals surface area contributed by atoms with Gasteiger partial charge in [-0.25, -0.2) is 0 Å². The Hall–Kier alpha value is -2.63. The maximum Gasteiger partial charge on any atom is 0.287 e. The lowest BCUT2D eigenvalue weighted by molar-refractivity contribution is -0.383. The third kappa shape index (κ3) is 1.65. The van der Waals surface area contributed by atoms with Crippen LogP contribution < -0.4 is 0 Å². The molecule has 1 aromatic carbocycles. The molecule has 2 rings (SSSR count). The maximum atomic E-state index is 10.9. The second kappa shape index (κ2) is 4.09. The van der Waals surface area contributed by atoms with Crippen molar-refractivity contribution in [3.05, 3.63) is 45.8 Å². The van der Waals surface area contributed by atoms with Crippen molar-refractivity contribution >= 4 is 29.0 Å². The van der Waals surface area contributed by atoms with Gasteiger partial charge in [0.1, 0.15) is 0 Å². The van der Waals surface area contributed by atoms with Crippen LogP contribution in [0, 0.1) is 10.1 Å². The molecule has 0 aliphatic carbocycles. The molecule has 0 amide bonds. The fraction of sp³-hybridized carbons (Fsp3) is 0. The fourth-order valence-electron chi connectivity index (χ4n) is 1.69. The molecule has 0 aliphatic heterocycles. The summed E-state index contributed by atoms with van der Waals surface area (Å²) in [6.45, 7) is 0. The first kappa shape index (κ1) is 10.9. The van der Waals surface area contributed by atoms with Gasteiger partial charge in [0.25, 0.3) is 5.69 Å². The minimum absolute atomic E-state index is 0.115. The van der Waals surface area contributed by atoms with Gasteiger partial charge in [-0.15, -0.1) is 0 Å². The Kier molecular flexibility index (Phi) is 2.61. The van der Waals surface area contributed by atoms with E-state index < -0.39 is 4.92 Å². The van der Waals surface area contributed by atoms with Gasteiger partial charge in [-0.3, -0.25) is 24.7 Å². The summed E-state index contributed by atoms with van der Waals surface area (Å²) < 4.78 is 0. The Labute approximate surface area is 95.0 Å². The van der Waals surface area contributed by atoms with Crippen molar-refractivity contribution < 1.29 is 14.5 Å². The molecule has 0 unspecified atom stereocenters. The van der Waals surface area contributed by atoms with Crippen LogP contribution in [-0.2, 0) is 0 Å². The zero-order valence-corrected chi connectivity index (χ0v) is 8.49. The number of rotatable bonds is 3. The lowest BCUT2D eigenvalue weighted by atomic mass is 10.0. The molecule has 0 radical (unpaired) electrons. The van der Waals surface area contributed by atoms with Crippen LogP contribution in [0.2, 0.25) is 0 Å². The van der Waals surface area contributed by atoms with Gasteiger partial charge < -0.3 is 0 Å². The van der Waals surface area contributed by atoms with Crippen molar-refractivity contribution in [2.45, 2.75) is 0 Å². The van der Waals surface area contributed by atoms with Gasteiger partial charge in [0.15, 0.2) is 12.6 Å². The van der Waals surface area contributed by atoms with Crippen molar-refractivity contribution in [2.75, 3.05) is 0 Å². The van der Waals surface area contributed by atoms with Crippen molar-refractivity contribution in [2.24, 2.45) is 0 Å². The molecule has 2 aromatic rings. The molecule has 0 fully saturated rings. The summed E-state index contributed by atoms with van der Waals surface area (Å²) in [7, 11) is 0. The van der Waals surface area contributed by atoms with E-state index >= 15 is 0 Å². The molecule has 0 saturated carbocycles. The molecule has 84 valence electrons. The van der Waals surface area contributed by atoms with Crippen LogP contribution in [0.5, 0.6) is 0 Å². The number of hydrogen-bond donors (Lipinski definition) is 0. The average Bonchev–Trinajstić information content (AvgIpc) is 2.36. The van der Waals surface area contributed by atoms with E-state index in [9.17, 15) is 19.7 Å². The van der Waals surface area contributed by atoms with Crippen LogP contribution in [0.1, 0.15) is 20.7 Å². The molecule has 6 heteroatoms. The van der Waals surface area contributed by atoms with Crippen molar-refractivity contribution in [3.8, 4) is 0 Å². The summed E-state index contributed by atoms with van der Waals surface area (Å²) in [5.41, 5.74) is -0.209. The highest BCUT2D eigenvalue weighted by atomic mass is 16.6. The fourth-order valence-corrected chi connectivity index (χ4v) is 1.69. The molecule has 1 aromatic heterocycles. The number of pyridine rings is 1. The smallest absolute Gasteiger partial charge is 0.287 e. The predicted molar refractivity (Wildman–Crippen MR) is 59.2 cm³/mol. The number of nitrogens with zero attached hydrogens (tertiary/aromatic N) is 2. The summed E-state index contributed by atoms with van der Waals surface area (Å²) in [5.74, 6) is 0. The van der Waals surface area contributed by atoms with Gasteiger partial charge >= 0.3 is 0 Å². The minimum atomic E-state index is -0.638. The second-order valence-electron chi connectivity index (χ2n) is 3.32. The summed E-state index contributed by atoms with van der Waals surface area (Å²) in [4.78, 5) is 35.8. The lowest BCUT2D eigenvalue weighted by Crippen LogP contribution is -1.98. The number of carbonyl (C=O) groups is 2. The van der Waals surface area contributed by atoms with E-state index in [2.05, 4.69) is 4.98 Å². The molecule has 0 spiro atoms. The normalized spacial score (nSPS) is 10.1. The van der Waals surface area contributed by atoms with Crippen LogP contribution in [0.3, 0.4) is 0 Å². The van der Waals surface area contributed by atoms with Crippen molar-refractivity contribution in [1.82, 2.24) is 4.98 Å². The van der Waals surface area contributed by atoms with Crippen molar-refractivity contribution in [3.63, 3.8) is 0 Å². The molecule has 0 N–H and O–H groups in total. The SMILES string of the molecule is O=Cc1cc(C=O)c2cnccc2c1[N+](=O)[O-]. The van der Waals surface area contributed by atoms with E-state index in [4.69, 9.17) is 0 Å². The molecule has 0 bridgehead atoms. The number of nitro benzene ring substituents is 1. The van der Waals surface area contributed by atoms with E-state index in [-0.39, 0.29) is 22.2 Å². The molecule has 0 saturated heterocycles. The summed E-state index contributed by atoms with van der Waals surface area (Å²) in [6.07, 6.45) is 3.64. The lowest BCUT2D eigenvalue weighted by Gasteiger charge is -2.03. The Morgan fingerprint density at radius 3 is 2.47 bits per heavy atom. The first-order chi connectivity index (χ1) is 8.19. The van der Waals surface area contributed by atoms with E-state index in [1.807, 2.05) is 0 Å². The number of carbonyl (C=O) groups excluding carboxylic acids is 2. The van der Waals surface area contributed by atoms with E-state index in [1.165, 1.54) is 24.5 Å². The Balaban J connectivity index is 3.00. The number of aromatic nitrogens is 1. The van der Waals surface area contributed by atoms with Gasteiger partial charge in [0.05, 0.1) is 15.9 Å². The van der Waals surface area contributed by atoms with E-state index in [1.54, 1.807) is 0 Å². The van der Waals surface area contributed by atoms with Gasteiger partial charge in [0.2, 0.25) is 0 Å². The quantitative estimate of drug-likeness (QED) is 0.455. The molecular weight excluding hydrogens is 224 g/mol. The maximum absolute atomic E-state index is 10.9. The summed E-state index contributed by atoms with van der Waals surface area (Å²) in [5, 5.41) is 11.5. The number of fused-ring (bicyclic) bond motifs is 1. The van der Waals surface area contributed by atoms with Gasteiger partial charge in [-0.2, -0.15) is 0 Å². The summed E-state index contributed by atoms with van der Waals surface area (Å²) in [6, 6.07) is 2.61. The average molecular weight is 230 g/mol. The predicted octanol–water partition coefficient (Wildman–Crippen LogP) is 1.77. The van der Waals surface area contributed by atoms with Crippen LogP contribution in [0.15, 0.2) is 24.5 Å². The highest BCUT2D eigenvalue weighted by Gasteiger charge is 2.20. The highest BCUT2D eigenvalue weighted by Crippen LogP contribution is 2.30. The van der Waals surface area contributed by atoms with Crippen LogP contribution in [-0.4, -0.2) is 22.5 Å². The van der Waals surface area contributed by atoms with Gasteiger partial charge in [0, 0.05) is 23.3 Å². The van der Waals surface area contributed by atoms with Gasteiger partial charge in [-0.1, -0.05) is 0 Å². The Bertz CT molecular complexity index is 637. The largest absolute Gasteiger partial charge is 0.298 e. The number of hydrogen-bond acceptors (Lipinski definition) is 5. The third-order valence-corrected chi connectivity index (χ3v) is 2.41. The van der Waals surface area contributed by atoms with Crippen molar-refractivity contribution in [1.29, 1.82) is 0 Å². The van der Waals surface area contributed by atoms with Crippen LogP contribution in [0.4, 0.5) is 5.69 Å². The molecular formula is C11H6N2O4. The number of aldehydes is 2. The number of nitro groups is 1. The van der Waals surface area contributed by atoms with E-state index in [0.717, 1.165) is 0 Å². The zero-order valence-electron chi connectivity index (χ0n) is 8.49. The molecule has 0 atom stereocenters. The second-order valence-corrected chi connectivity index (χ2v) is 3.32. The highest BCUT2D eigenvalue weighted by molar-refractivity contribution is 6.06. The Morgan fingerprint density at radius 2 is 1.88 bits per heavy atom. The molecule has 17 heavy (non-hydrogen) atoms. The summed E-state index contributed by atoms with van der Waals surface area (Å²) >= 11 is 0. The molecule has 6 nitrogen and oxygen atoms in total. The monoisotopic (exact) mass is 230 g/mol. The molecule has 1 heterocycles. The van der Waals surface area contributed by atoms with Crippen LogP contribution in [0.25, 0.3) is 10.8 Å².